The van der Waals surface area contributed by atoms with Gasteiger partial charge in [-0.1, -0.05) is 58.4 Å². The summed E-state index contributed by atoms with van der Waals surface area (Å²) < 4.78 is 5.52. The molecule has 0 radical (unpaired) electrons. The molecule has 2 aromatic carbocycles. The standard InChI is InChI=1S/C17H13BrO4/c18-14-9-5-4-8-13(14)15(19)10-16(20)17(21)22-11-12-6-2-1-3-7-12/h1-10,20H,11H2/b16-10-. The molecule has 4 nitrogen and oxygen atoms in total. The van der Waals surface area contributed by atoms with Gasteiger partial charge in [0.25, 0.3) is 0 Å². The maximum atomic E-state index is 12.0. The lowest BCUT2D eigenvalue weighted by Crippen LogP contribution is -2.10. The summed E-state index contributed by atoms with van der Waals surface area (Å²) in [6.07, 6.45) is 0.855. The highest BCUT2D eigenvalue weighted by atomic mass is 79.9. The Morgan fingerprint density at radius 1 is 1.05 bits per heavy atom. The molecule has 0 aliphatic carbocycles. The lowest BCUT2D eigenvalue weighted by atomic mass is 10.1. The number of esters is 1. The lowest BCUT2D eigenvalue weighted by Gasteiger charge is -2.04. The highest BCUT2D eigenvalue weighted by Crippen LogP contribution is 2.17. The molecule has 0 aromatic heterocycles. The molecule has 0 aliphatic heterocycles. The number of halogens is 1. The molecule has 0 atom stereocenters. The molecule has 0 amide bonds. The summed E-state index contributed by atoms with van der Waals surface area (Å²) in [6, 6.07) is 15.8. The molecule has 0 heterocycles. The van der Waals surface area contributed by atoms with Gasteiger partial charge in [-0.05, 0) is 17.7 Å². The zero-order valence-electron chi connectivity index (χ0n) is 11.5. The number of allylic oxidation sites excluding steroid dienone is 1. The number of hydrogen-bond donors (Lipinski definition) is 1. The molecule has 0 bridgehead atoms. The van der Waals surface area contributed by atoms with E-state index in [1.165, 1.54) is 0 Å². The Kier molecular flexibility index (Phi) is 5.49. The van der Waals surface area contributed by atoms with Crippen molar-refractivity contribution in [2.24, 2.45) is 0 Å². The minimum Gasteiger partial charge on any atom is -0.502 e. The van der Waals surface area contributed by atoms with Gasteiger partial charge in [-0.15, -0.1) is 0 Å². The van der Waals surface area contributed by atoms with Gasteiger partial charge in [0.2, 0.25) is 5.76 Å². The minimum atomic E-state index is -0.941. The zero-order chi connectivity index (χ0) is 15.9. The topological polar surface area (TPSA) is 63.6 Å². The Balaban J connectivity index is 2.01. The molecule has 5 heteroatoms. The van der Waals surface area contributed by atoms with E-state index in [1.807, 2.05) is 18.2 Å². The van der Waals surface area contributed by atoms with Gasteiger partial charge in [0.1, 0.15) is 6.61 Å². The molecular weight excluding hydrogens is 348 g/mol. The molecule has 0 unspecified atom stereocenters. The highest BCUT2D eigenvalue weighted by molar-refractivity contribution is 9.10. The fourth-order valence-electron chi connectivity index (χ4n) is 1.72. The Morgan fingerprint density at radius 3 is 2.36 bits per heavy atom. The van der Waals surface area contributed by atoms with Crippen LogP contribution in [0, 0.1) is 0 Å². The van der Waals surface area contributed by atoms with Crippen LogP contribution >= 0.6 is 15.9 Å². The second-order valence-corrected chi connectivity index (χ2v) is 5.29. The van der Waals surface area contributed by atoms with Crippen molar-refractivity contribution in [2.45, 2.75) is 6.61 Å². The Hall–Kier alpha value is -2.40. The average molecular weight is 361 g/mol. The van der Waals surface area contributed by atoms with Gasteiger partial charge in [0, 0.05) is 16.1 Å². The van der Waals surface area contributed by atoms with Gasteiger partial charge in [-0.3, -0.25) is 4.79 Å². The number of ether oxygens (including phenoxy) is 1. The summed E-state index contributed by atoms with van der Waals surface area (Å²) in [5.74, 6) is -2.15. The predicted octanol–water partition coefficient (Wildman–Crippen LogP) is 3.82. The fourth-order valence-corrected chi connectivity index (χ4v) is 2.20. The molecule has 2 rings (SSSR count). The molecule has 1 N–H and O–H groups in total. The van der Waals surface area contributed by atoms with Crippen LogP contribution < -0.4 is 0 Å². The predicted molar refractivity (Wildman–Crippen MR) is 85.4 cm³/mol. The number of rotatable bonds is 5. The van der Waals surface area contributed by atoms with E-state index in [1.54, 1.807) is 36.4 Å². The number of carbonyl (C=O) groups excluding carboxylic acids is 2. The van der Waals surface area contributed by atoms with Crippen LogP contribution in [0.4, 0.5) is 0 Å². The first-order valence-corrected chi connectivity index (χ1v) is 7.28. The van der Waals surface area contributed by atoms with Crippen LogP contribution in [0.3, 0.4) is 0 Å². The van der Waals surface area contributed by atoms with Crippen LogP contribution in [0.1, 0.15) is 15.9 Å². The summed E-state index contributed by atoms with van der Waals surface area (Å²) in [5, 5.41) is 9.67. The van der Waals surface area contributed by atoms with Gasteiger partial charge in [0.15, 0.2) is 5.78 Å². The SMILES string of the molecule is O=C(OCc1ccccc1)/C(O)=C/C(=O)c1ccccc1Br. The normalized spacial score (nSPS) is 11.0. The van der Waals surface area contributed by atoms with Crippen molar-refractivity contribution in [3.8, 4) is 0 Å². The smallest absolute Gasteiger partial charge is 0.373 e. The van der Waals surface area contributed by atoms with Gasteiger partial charge in [-0.25, -0.2) is 4.79 Å². The van der Waals surface area contributed by atoms with E-state index in [9.17, 15) is 14.7 Å². The van der Waals surface area contributed by atoms with Gasteiger partial charge in [-0.2, -0.15) is 0 Å². The fraction of sp³-hybridized carbons (Fsp3) is 0.0588. The first-order valence-electron chi connectivity index (χ1n) is 6.48. The second kappa shape index (κ2) is 7.56. The average Bonchev–Trinajstić information content (AvgIpc) is 2.53. The zero-order valence-corrected chi connectivity index (χ0v) is 13.1. The van der Waals surface area contributed by atoms with E-state index in [0.717, 1.165) is 11.6 Å². The molecule has 0 spiro atoms. The van der Waals surface area contributed by atoms with E-state index >= 15 is 0 Å². The van der Waals surface area contributed by atoms with E-state index in [4.69, 9.17) is 4.74 Å². The molecule has 112 valence electrons. The first kappa shape index (κ1) is 16.0. The monoisotopic (exact) mass is 360 g/mol. The number of aliphatic hydroxyl groups is 1. The largest absolute Gasteiger partial charge is 0.502 e. The minimum absolute atomic E-state index is 0.0286. The summed E-state index contributed by atoms with van der Waals surface area (Å²) in [7, 11) is 0. The van der Waals surface area contributed by atoms with Crippen molar-refractivity contribution >= 4 is 27.7 Å². The third kappa shape index (κ3) is 4.30. The van der Waals surface area contributed by atoms with Crippen LogP contribution in [0.2, 0.25) is 0 Å². The summed E-state index contributed by atoms with van der Waals surface area (Å²) >= 11 is 3.24. The summed E-state index contributed by atoms with van der Waals surface area (Å²) in [6.45, 7) is 0.0286. The Morgan fingerprint density at radius 2 is 1.68 bits per heavy atom. The Labute approximate surface area is 136 Å². The van der Waals surface area contributed by atoms with Crippen LogP contribution in [0.15, 0.2) is 70.9 Å². The second-order valence-electron chi connectivity index (χ2n) is 4.44. The van der Waals surface area contributed by atoms with Crippen molar-refractivity contribution in [2.75, 3.05) is 0 Å². The van der Waals surface area contributed by atoms with E-state index in [-0.39, 0.29) is 6.61 Å². The van der Waals surface area contributed by atoms with Crippen molar-refractivity contribution in [1.29, 1.82) is 0 Å². The summed E-state index contributed by atoms with van der Waals surface area (Å²) in [5.41, 5.74) is 1.14. The van der Waals surface area contributed by atoms with Crippen molar-refractivity contribution in [3.05, 3.63) is 82.0 Å². The van der Waals surface area contributed by atoms with E-state index in [0.29, 0.717) is 10.0 Å². The lowest BCUT2D eigenvalue weighted by molar-refractivity contribution is -0.143. The van der Waals surface area contributed by atoms with E-state index < -0.39 is 17.5 Å². The maximum absolute atomic E-state index is 12.0. The number of hydrogen-bond acceptors (Lipinski definition) is 4. The third-order valence-electron chi connectivity index (χ3n) is 2.83. The molecule has 0 saturated carbocycles. The first-order chi connectivity index (χ1) is 10.6. The molecular formula is C17H13BrO4. The highest BCUT2D eigenvalue weighted by Gasteiger charge is 2.14. The number of carbonyl (C=O) groups is 2. The van der Waals surface area contributed by atoms with Gasteiger partial charge in [0.05, 0.1) is 0 Å². The molecule has 0 saturated heterocycles. The van der Waals surface area contributed by atoms with Crippen molar-refractivity contribution in [1.82, 2.24) is 0 Å². The summed E-state index contributed by atoms with van der Waals surface area (Å²) in [4.78, 5) is 23.6. The third-order valence-corrected chi connectivity index (χ3v) is 3.52. The van der Waals surface area contributed by atoms with Crippen LogP contribution in [0.25, 0.3) is 0 Å². The Bertz CT molecular complexity index is 708. The molecule has 0 aliphatic rings. The molecule has 22 heavy (non-hydrogen) atoms. The van der Waals surface area contributed by atoms with Gasteiger partial charge < -0.3 is 9.84 Å². The van der Waals surface area contributed by atoms with E-state index in [2.05, 4.69) is 15.9 Å². The molecule has 2 aromatic rings. The van der Waals surface area contributed by atoms with Gasteiger partial charge >= 0.3 is 5.97 Å². The number of ketones is 1. The van der Waals surface area contributed by atoms with Crippen LogP contribution in [0.5, 0.6) is 0 Å². The maximum Gasteiger partial charge on any atom is 0.373 e. The molecule has 0 fully saturated rings. The number of aliphatic hydroxyl groups excluding tert-OH is 1. The number of benzene rings is 2. The van der Waals surface area contributed by atoms with Crippen molar-refractivity contribution in [3.63, 3.8) is 0 Å². The van der Waals surface area contributed by atoms with Crippen molar-refractivity contribution < 1.29 is 19.4 Å². The van der Waals surface area contributed by atoms with Crippen LogP contribution in [-0.4, -0.2) is 16.9 Å². The van der Waals surface area contributed by atoms with Crippen LogP contribution in [-0.2, 0) is 16.1 Å². The quantitative estimate of drug-likeness (QED) is 0.381.